The van der Waals surface area contributed by atoms with Crippen molar-refractivity contribution >= 4 is 43.4 Å². The van der Waals surface area contributed by atoms with Crippen molar-refractivity contribution in [2.45, 2.75) is 5.41 Å². The van der Waals surface area contributed by atoms with Crippen LogP contribution in [0, 0.1) is 0 Å². The predicted octanol–water partition coefficient (Wildman–Crippen LogP) is 14.6. The Hall–Kier alpha value is -8.47. The van der Waals surface area contributed by atoms with Crippen molar-refractivity contribution in [3.05, 3.63) is 241 Å². The first-order valence-electron chi connectivity index (χ1n) is 21.9. The fourth-order valence-electron chi connectivity index (χ4n) is 11.2. The van der Waals surface area contributed by atoms with Gasteiger partial charge in [0.1, 0.15) is 0 Å². The van der Waals surface area contributed by atoms with E-state index in [0.717, 1.165) is 32.9 Å². The first-order valence-corrected chi connectivity index (χ1v) is 21.9. The van der Waals surface area contributed by atoms with Gasteiger partial charge in [0.2, 0.25) is 5.95 Å². The van der Waals surface area contributed by atoms with Gasteiger partial charge in [-0.15, -0.1) is 0 Å². The molecule has 0 saturated heterocycles. The van der Waals surface area contributed by atoms with Gasteiger partial charge in [-0.3, -0.25) is 4.57 Å². The Morgan fingerprint density at radius 2 is 0.828 bits per heavy atom. The highest BCUT2D eigenvalue weighted by Gasteiger charge is 2.51. The van der Waals surface area contributed by atoms with E-state index in [1.807, 2.05) is 18.2 Å². The fourth-order valence-corrected chi connectivity index (χ4v) is 11.2. The van der Waals surface area contributed by atoms with E-state index < -0.39 is 5.41 Å². The Balaban J connectivity index is 1.06. The summed E-state index contributed by atoms with van der Waals surface area (Å²) in [6.45, 7) is 0. The lowest BCUT2D eigenvalue weighted by atomic mass is 9.70. The van der Waals surface area contributed by atoms with Gasteiger partial charge in [0, 0.05) is 27.3 Å². The van der Waals surface area contributed by atoms with Crippen LogP contribution >= 0.6 is 0 Å². The molecule has 1 spiro atoms. The molecule has 0 saturated carbocycles. The van der Waals surface area contributed by atoms with Gasteiger partial charge >= 0.3 is 0 Å². The van der Waals surface area contributed by atoms with E-state index in [1.54, 1.807) is 0 Å². The van der Waals surface area contributed by atoms with Gasteiger partial charge in [-0.2, -0.15) is 9.97 Å². The van der Waals surface area contributed by atoms with Crippen LogP contribution in [0.3, 0.4) is 0 Å². The summed E-state index contributed by atoms with van der Waals surface area (Å²) in [5, 5.41) is 7.08. The molecule has 0 atom stereocenters. The van der Waals surface area contributed by atoms with Crippen molar-refractivity contribution in [1.29, 1.82) is 0 Å². The molecule has 2 aliphatic carbocycles. The van der Waals surface area contributed by atoms with E-state index in [4.69, 9.17) is 15.0 Å². The molecule has 64 heavy (non-hydrogen) atoms. The number of benzene rings is 10. The molecule has 0 fully saturated rings. The normalized spacial score (nSPS) is 13.1. The number of aromatic nitrogens is 4. The standard InChI is InChI=1S/C60H36N4/c1-3-17-37(18-4-1)39-31-34-46-49(35-39)41-21-7-8-25-47(41)56-55(46)48-26-12-16-30-54(48)64(56)59-62-57(38-19-5-2-6-20-38)61-58(63-59)40-32-33-45-44-24-11-15-29-52(44)60(53(45)36-40)50-27-13-9-22-42(50)43-23-10-14-28-51(43)60/h1-36H. The summed E-state index contributed by atoms with van der Waals surface area (Å²) in [6.07, 6.45) is 0. The molecule has 296 valence electrons. The zero-order valence-electron chi connectivity index (χ0n) is 34.6. The Kier molecular flexibility index (Phi) is 7.29. The molecular formula is C60H36N4. The third-order valence-electron chi connectivity index (χ3n) is 13.9. The number of nitrogens with zero attached hydrogens (tertiary/aromatic N) is 4. The van der Waals surface area contributed by atoms with Crippen molar-refractivity contribution in [3.8, 4) is 62.1 Å². The third kappa shape index (κ3) is 4.74. The lowest BCUT2D eigenvalue weighted by Crippen LogP contribution is -2.25. The molecular weight excluding hydrogens is 777 g/mol. The zero-order valence-corrected chi connectivity index (χ0v) is 34.6. The summed E-state index contributed by atoms with van der Waals surface area (Å²) < 4.78 is 2.28. The first kappa shape index (κ1) is 35.2. The van der Waals surface area contributed by atoms with Crippen LogP contribution in [-0.2, 0) is 5.41 Å². The third-order valence-corrected chi connectivity index (χ3v) is 13.9. The maximum Gasteiger partial charge on any atom is 0.238 e. The minimum Gasteiger partial charge on any atom is -0.277 e. The smallest absolute Gasteiger partial charge is 0.238 e. The van der Waals surface area contributed by atoms with Crippen LogP contribution < -0.4 is 0 Å². The molecule has 2 aromatic heterocycles. The molecule has 0 bridgehead atoms. The molecule has 0 N–H and O–H groups in total. The minimum absolute atomic E-state index is 0.486. The van der Waals surface area contributed by atoms with Gasteiger partial charge < -0.3 is 0 Å². The van der Waals surface area contributed by atoms with Crippen LogP contribution in [0.1, 0.15) is 22.3 Å². The van der Waals surface area contributed by atoms with Crippen LogP contribution in [0.5, 0.6) is 0 Å². The van der Waals surface area contributed by atoms with Gasteiger partial charge in [-0.1, -0.05) is 200 Å². The van der Waals surface area contributed by atoms with Crippen LogP contribution in [0.25, 0.3) is 105 Å². The minimum atomic E-state index is -0.486. The number of fused-ring (bicyclic) bond motifs is 18. The van der Waals surface area contributed by atoms with Crippen LogP contribution in [-0.4, -0.2) is 19.5 Å². The van der Waals surface area contributed by atoms with Gasteiger partial charge in [-0.05, 0) is 90.0 Å². The van der Waals surface area contributed by atoms with Gasteiger partial charge in [0.05, 0.1) is 16.4 Å². The monoisotopic (exact) mass is 812 g/mol. The van der Waals surface area contributed by atoms with Gasteiger partial charge in [0.15, 0.2) is 11.6 Å². The molecule has 14 rings (SSSR count). The molecule has 0 aliphatic heterocycles. The fraction of sp³-hybridized carbons (Fsp3) is 0.0167. The Labute approximate surface area is 369 Å². The molecule has 10 aromatic carbocycles. The van der Waals surface area contributed by atoms with Crippen LogP contribution in [0.4, 0.5) is 0 Å². The van der Waals surface area contributed by atoms with Crippen molar-refractivity contribution in [2.24, 2.45) is 0 Å². The Morgan fingerprint density at radius 1 is 0.312 bits per heavy atom. The lowest BCUT2D eigenvalue weighted by molar-refractivity contribution is 0.793. The van der Waals surface area contributed by atoms with E-state index in [0.29, 0.717) is 17.6 Å². The number of hydrogen-bond donors (Lipinski definition) is 0. The van der Waals surface area contributed by atoms with E-state index >= 15 is 0 Å². The molecule has 4 nitrogen and oxygen atoms in total. The summed E-state index contributed by atoms with van der Waals surface area (Å²) in [4.78, 5) is 16.3. The average Bonchev–Trinajstić information content (AvgIpc) is 3.99. The second-order valence-corrected chi connectivity index (χ2v) is 17.0. The van der Waals surface area contributed by atoms with Crippen LogP contribution in [0.15, 0.2) is 218 Å². The van der Waals surface area contributed by atoms with E-state index in [9.17, 15) is 0 Å². The lowest BCUT2D eigenvalue weighted by Gasteiger charge is -2.30. The summed E-state index contributed by atoms with van der Waals surface area (Å²) in [6, 6.07) is 79.0. The second kappa shape index (κ2) is 13.3. The van der Waals surface area contributed by atoms with Gasteiger partial charge in [-0.25, -0.2) is 4.98 Å². The van der Waals surface area contributed by atoms with Crippen molar-refractivity contribution < 1.29 is 0 Å². The quantitative estimate of drug-likeness (QED) is 0.166. The van der Waals surface area contributed by atoms with E-state index in [-0.39, 0.29) is 0 Å². The summed E-state index contributed by atoms with van der Waals surface area (Å²) in [5.74, 6) is 1.83. The molecule has 0 amide bonds. The Morgan fingerprint density at radius 3 is 1.50 bits per heavy atom. The molecule has 4 heteroatoms. The molecule has 12 aromatic rings. The molecule has 2 aliphatic rings. The van der Waals surface area contributed by atoms with Crippen LogP contribution in [0.2, 0.25) is 0 Å². The van der Waals surface area contributed by atoms with Crippen molar-refractivity contribution in [2.75, 3.05) is 0 Å². The maximum atomic E-state index is 5.53. The summed E-state index contributed by atoms with van der Waals surface area (Å²) in [7, 11) is 0. The van der Waals surface area contributed by atoms with Crippen molar-refractivity contribution in [1.82, 2.24) is 19.5 Å². The van der Waals surface area contributed by atoms with Gasteiger partial charge in [0.25, 0.3) is 0 Å². The number of rotatable bonds is 4. The number of para-hydroxylation sites is 1. The number of hydrogen-bond acceptors (Lipinski definition) is 3. The molecule has 0 radical (unpaired) electrons. The topological polar surface area (TPSA) is 43.6 Å². The summed E-state index contributed by atoms with van der Waals surface area (Å²) >= 11 is 0. The maximum absolute atomic E-state index is 5.53. The highest BCUT2D eigenvalue weighted by atomic mass is 15.2. The second-order valence-electron chi connectivity index (χ2n) is 17.0. The summed E-state index contributed by atoms with van der Waals surface area (Å²) in [5.41, 5.74) is 16.1. The first-order chi connectivity index (χ1) is 31.8. The SMILES string of the molecule is c1ccc(-c2ccc3c(c2)c2ccccc2c2c3c3ccccc3n2-c2nc(-c3ccccc3)nc(-c3ccc4c(c3)C3(c5ccccc5-c5ccccc53)c3ccccc3-4)n2)cc1. The highest BCUT2D eigenvalue weighted by molar-refractivity contribution is 6.32. The Bertz CT molecular complexity index is 3840. The zero-order chi connectivity index (χ0) is 41.9. The molecule has 0 unspecified atom stereocenters. The average molecular weight is 813 g/mol. The van der Waals surface area contributed by atoms with Crippen molar-refractivity contribution in [3.63, 3.8) is 0 Å². The van der Waals surface area contributed by atoms with E-state index in [2.05, 4.69) is 205 Å². The highest BCUT2D eigenvalue weighted by Crippen LogP contribution is 2.63. The predicted molar refractivity (Wildman–Crippen MR) is 262 cm³/mol. The largest absolute Gasteiger partial charge is 0.277 e. The van der Waals surface area contributed by atoms with E-state index in [1.165, 1.54) is 77.2 Å². The molecule has 2 heterocycles.